The van der Waals surface area contributed by atoms with Crippen LogP contribution in [0.1, 0.15) is 15.9 Å². The van der Waals surface area contributed by atoms with Crippen molar-refractivity contribution in [3.63, 3.8) is 0 Å². The fourth-order valence-corrected chi connectivity index (χ4v) is 1.96. The average Bonchev–Trinajstić information content (AvgIpc) is 2.32. The summed E-state index contributed by atoms with van der Waals surface area (Å²) < 4.78 is 13.8. The van der Waals surface area contributed by atoms with Gasteiger partial charge in [-0.05, 0) is 42.8 Å². The Kier molecular flexibility index (Phi) is 3.77. The van der Waals surface area contributed by atoms with E-state index in [9.17, 15) is 9.18 Å². The Balaban J connectivity index is 2.24. The van der Waals surface area contributed by atoms with Crippen LogP contribution in [0.25, 0.3) is 0 Å². The first-order valence-corrected chi connectivity index (χ1v) is 6.18. The van der Waals surface area contributed by atoms with E-state index in [1.807, 2.05) is 19.1 Å². The van der Waals surface area contributed by atoms with E-state index in [2.05, 4.69) is 21.2 Å². The lowest BCUT2D eigenvalue weighted by Gasteiger charge is -2.08. The Bertz CT molecular complexity index is 598. The number of nitrogens with one attached hydrogen (secondary N) is 1. The minimum Gasteiger partial charge on any atom is -0.322 e. The van der Waals surface area contributed by atoms with Crippen LogP contribution in [0.5, 0.6) is 0 Å². The van der Waals surface area contributed by atoms with Gasteiger partial charge in [0.1, 0.15) is 5.82 Å². The van der Waals surface area contributed by atoms with Crippen LogP contribution in [0.2, 0.25) is 0 Å². The second-order valence-electron chi connectivity index (χ2n) is 3.92. The first-order chi connectivity index (χ1) is 8.56. The number of anilines is 1. The molecule has 0 atom stereocenters. The Morgan fingerprint density at radius 2 is 2.00 bits per heavy atom. The van der Waals surface area contributed by atoms with E-state index in [-0.39, 0.29) is 11.7 Å². The minimum absolute atomic E-state index is 0.251. The van der Waals surface area contributed by atoms with Crippen LogP contribution in [0.4, 0.5) is 10.1 Å². The molecule has 0 aliphatic rings. The highest BCUT2D eigenvalue weighted by atomic mass is 79.9. The van der Waals surface area contributed by atoms with Crippen molar-refractivity contribution in [2.45, 2.75) is 6.92 Å². The molecule has 1 amide bonds. The summed E-state index contributed by atoms with van der Waals surface area (Å²) in [6, 6.07) is 11.3. The molecule has 0 radical (unpaired) electrons. The zero-order valence-electron chi connectivity index (χ0n) is 9.71. The summed E-state index contributed by atoms with van der Waals surface area (Å²) in [5.41, 5.74) is 1.88. The second-order valence-corrected chi connectivity index (χ2v) is 4.84. The summed E-state index contributed by atoms with van der Waals surface area (Å²) in [6.07, 6.45) is 0. The molecule has 0 spiro atoms. The molecule has 0 aliphatic heterocycles. The zero-order chi connectivity index (χ0) is 13.1. The Hall–Kier alpha value is -1.68. The number of hydrogen-bond donors (Lipinski definition) is 1. The fourth-order valence-electron chi connectivity index (χ4n) is 1.60. The summed E-state index contributed by atoms with van der Waals surface area (Å²) in [6.45, 7) is 1.85. The third-order valence-corrected chi connectivity index (χ3v) is 3.02. The molecule has 0 saturated carbocycles. The number of carbonyl (C=O) groups is 1. The van der Waals surface area contributed by atoms with Gasteiger partial charge >= 0.3 is 0 Å². The van der Waals surface area contributed by atoms with Gasteiger partial charge in [0.25, 0.3) is 5.91 Å². The molecule has 2 rings (SSSR count). The molecule has 2 aromatic rings. The molecule has 0 fully saturated rings. The van der Waals surface area contributed by atoms with E-state index in [4.69, 9.17) is 0 Å². The second kappa shape index (κ2) is 5.31. The highest BCUT2D eigenvalue weighted by Gasteiger charge is 2.10. The van der Waals surface area contributed by atoms with Crippen LogP contribution in [-0.4, -0.2) is 5.91 Å². The van der Waals surface area contributed by atoms with Crippen molar-refractivity contribution in [2.75, 3.05) is 5.32 Å². The lowest BCUT2D eigenvalue weighted by Crippen LogP contribution is -2.13. The van der Waals surface area contributed by atoms with E-state index in [0.717, 1.165) is 10.0 Å². The molecule has 4 heteroatoms. The average molecular weight is 308 g/mol. The third kappa shape index (κ3) is 2.96. The van der Waals surface area contributed by atoms with Crippen molar-refractivity contribution in [1.29, 1.82) is 0 Å². The number of aryl methyl sites for hydroxylation is 1. The van der Waals surface area contributed by atoms with E-state index >= 15 is 0 Å². The molecule has 1 N–H and O–H groups in total. The van der Waals surface area contributed by atoms with E-state index in [0.29, 0.717) is 11.3 Å². The monoisotopic (exact) mass is 307 g/mol. The summed E-state index contributed by atoms with van der Waals surface area (Å²) >= 11 is 3.32. The molecule has 2 nitrogen and oxygen atoms in total. The quantitative estimate of drug-likeness (QED) is 0.887. The smallest absolute Gasteiger partial charge is 0.255 e. The van der Waals surface area contributed by atoms with Gasteiger partial charge in [-0.2, -0.15) is 0 Å². The SMILES string of the molecule is Cc1ccc(Br)cc1C(=O)Nc1cccc(F)c1. The van der Waals surface area contributed by atoms with Gasteiger partial charge in [0.15, 0.2) is 0 Å². The number of benzene rings is 2. The molecule has 18 heavy (non-hydrogen) atoms. The van der Waals surface area contributed by atoms with E-state index in [1.165, 1.54) is 12.1 Å². The Labute approximate surface area is 113 Å². The molecule has 0 aliphatic carbocycles. The van der Waals surface area contributed by atoms with Crippen molar-refractivity contribution in [1.82, 2.24) is 0 Å². The largest absolute Gasteiger partial charge is 0.322 e. The number of carbonyl (C=O) groups excluding carboxylic acids is 1. The number of halogens is 2. The third-order valence-electron chi connectivity index (χ3n) is 2.53. The molecule has 0 unspecified atom stereocenters. The molecular formula is C14H11BrFNO. The van der Waals surface area contributed by atoms with Crippen molar-refractivity contribution in [3.8, 4) is 0 Å². The first-order valence-electron chi connectivity index (χ1n) is 5.39. The Morgan fingerprint density at radius 3 is 2.72 bits per heavy atom. The van der Waals surface area contributed by atoms with Crippen LogP contribution in [-0.2, 0) is 0 Å². The topological polar surface area (TPSA) is 29.1 Å². The van der Waals surface area contributed by atoms with Crippen LogP contribution in [0.3, 0.4) is 0 Å². The van der Waals surface area contributed by atoms with Crippen molar-refractivity contribution in [2.24, 2.45) is 0 Å². The standard InChI is InChI=1S/C14H11BrFNO/c1-9-5-6-10(15)7-13(9)14(18)17-12-4-2-3-11(16)8-12/h2-8H,1H3,(H,17,18). The molecule has 2 aromatic carbocycles. The first kappa shape index (κ1) is 12.8. The van der Waals surface area contributed by atoms with Gasteiger partial charge in [0, 0.05) is 15.7 Å². The summed E-state index contributed by atoms with van der Waals surface area (Å²) in [4.78, 5) is 12.0. The minimum atomic E-state index is -0.376. The predicted molar refractivity (Wildman–Crippen MR) is 73.2 cm³/mol. The molecule has 92 valence electrons. The van der Waals surface area contributed by atoms with Crippen LogP contribution in [0, 0.1) is 12.7 Å². The molecule has 0 heterocycles. The molecule has 0 saturated heterocycles. The Morgan fingerprint density at radius 1 is 1.22 bits per heavy atom. The lowest BCUT2D eigenvalue weighted by atomic mass is 10.1. The van der Waals surface area contributed by atoms with Crippen LogP contribution < -0.4 is 5.32 Å². The number of rotatable bonds is 2. The fraction of sp³-hybridized carbons (Fsp3) is 0.0714. The van der Waals surface area contributed by atoms with Gasteiger partial charge < -0.3 is 5.32 Å². The van der Waals surface area contributed by atoms with E-state index < -0.39 is 0 Å². The highest BCUT2D eigenvalue weighted by Crippen LogP contribution is 2.18. The van der Waals surface area contributed by atoms with Gasteiger partial charge in [-0.1, -0.05) is 28.1 Å². The molecule has 0 aromatic heterocycles. The van der Waals surface area contributed by atoms with Crippen LogP contribution in [0.15, 0.2) is 46.9 Å². The van der Waals surface area contributed by atoms with Gasteiger partial charge in [0.2, 0.25) is 0 Å². The maximum atomic E-state index is 13.0. The normalized spacial score (nSPS) is 10.2. The van der Waals surface area contributed by atoms with Gasteiger partial charge in [-0.15, -0.1) is 0 Å². The number of amides is 1. The van der Waals surface area contributed by atoms with Gasteiger partial charge in [-0.3, -0.25) is 4.79 Å². The number of hydrogen-bond acceptors (Lipinski definition) is 1. The zero-order valence-corrected chi connectivity index (χ0v) is 11.3. The van der Waals surface area contributed by atoms with Gasteiger partial charge in [-0.25, -0.2) is 4.39 Å². The lowest BCUT2D eigenvalue weighted by molar-refractivity contribution is 0.102. The maximum Gasteiger partial charge on any atom is 0.255 e. The summed E-state index contributed by atoms with van der Waals surface area (Å²) in [5.74, 6) is -0.627. The van der Waals surface area contributed by atoms with Gasteiger partial charge in [0.05, 0.1) is 0 Å². The van der Waals surface area contributed by atoms with E-state index in [1.54, 1.807) is 18.2 Å². The molecular weight excluding hydrogens is 297 g/mol. The predicted octanol–water partition coefficient (Wildman–Crippen LogP) is 4.15. The summed E-state index contributed by atoms with van der Waals surface area (Å²) in [5, 5.41) is 2.67. The summed E-state index contributed by atoms with van der Waals surface area (Å²) in [7, 11) is 0. The molecule has 0 bridgehead atoms. The maximum absolute atomic E-state index is 13.0. The van der Waals surface area contributed by atoms with Crippen molar-refractivity contribution >= 4 is 27.5 Å². The van der Waals surface area contributed by atoms with Crippen molar-refractivity contribution in [3.05, 3.63) is 63.9 Å². The van der Waals surface area contributed by atoms with Crippen molar-refractivity contribution < 1.29 is 9.18 Å². The van der Waals surface area contributed by atoms with Crippen LogP contribution >= 0.6 is 15.9 Å². The highest BCUT2D eigenvalue weighted by molar-refractivity contribution is 9.10.